The average Bonchev–Trinajstić information content (AvgIpc) is 2.61. The van der Waals surface area contributed by atoms with Crippen molar-refractivity contribution in [3.63, 3.8) is 0 Å². The number of aliphatic hydroxyl groups is 2. The number of benzene rings is 1. The van der Waals surface area contributed by atoms with E-state index in [0.29, 0.717) is 11.1 Å². The minimum Gasteiger partial charge on any atom is -0.457 e. The summed E-state index contributed by atoms with van der Waals surface area (Å²) in [5, 5.41) is 19.2. The summed E-state index contributed by atoms with van der Waals surface area (Å²) in [4.78, 5) is 11.3. The largest absolute Gasteiger partial charge is 0.457 e. The van der Waals surface area contributed by atoms with Crippen molar-refractivity contribution in [1.82, 2.24) is 0 Å². The molecule has 1 aromatic rings. The van der Waals surface area contributed by atoms with Gasteiger partial charge in [-0.05, 0) is 31.0 Å². The number of hydrogen-bond donors (Lipinski definition) is 2. The van der Waals surface area contributed by atoms with Crippen LogP contribution in [-0.4, -0.2) is 22.3 Å². The third-order valence-electron chi connectivity index (χ3n) is 2.98. The van der Waals surface area contributed by atoms with Gasteiger partial charge in [0.1, 0.15) is 12.7 Å². The number of carbonyl (C=O) groups is 1. The van der Waals surface area contributed by atoms with Crippen LogP contribution in [0, 0.1) is 6.92 Å². The van der Waals surface area contributed by atoms with Crippen LogP contribution in [0.4, 0.5) is 0 Å². The maximum atomic E-state index is 11.3. The molecule has 0 aromatic heterocycles. The zero-order chi connectivity index (χ0) is 11.9. The topological polar surface area (TPSA) is 66.8 Å². The predicted octanol–water partition coefficient (Wildman–Crippen LogP) is 1.08. The molecule has 1 aromatic carbocycles. The molecule has 2 atom stereocenters. The maximum Gasteiger partial charge on any atom is 0.338 e. The van der Waals surface area contributed by atoms with Gasteiger partial charge in [-0.15, -0.1) is 0 Å². The van der Waals surface area contributed by atoms with Crippen molar-refractivity contribution in [1.29, 1.82) is 0 Å². The zero-order valence-corrected chi connectivity index (χ0v) is 9.23. The normalized spacial score (nSPS) is 17.9. The Morgan fingerprint density at radius 3 is 2.69 bits per heavy atom. The highest BCUT2D eigenvalue weighted by Crippen LogP contribution is 2.29. The first-order chi connectivity index (χ1) is 7.52. The molecule has 86 valence electrons. The van der Waals surface area contributed by atoms with Gasteiger partial charge in [0.15, 0.2) is 0 Å². The van der Waals surface area contributed by atoms with Crippen molar-refractivity contribution in [2.75, 3.05) is 0 Å². The van der Waals surface area contributed by atoms with E-state index >= 15 is 0 Å². The van der Waals surface area contributed by atoms with Crippen LogP contribution in [0.3, 0.4) is 0 Å². The van der Waals surface area contributed by atoms with E-state index in [4.69, 9.17) is 4.74 Å². The van der Waals surface area contributed by atoms with E-state index < -0.39 is 12.2 Å². The van der Waals surface area contributed by atoms with E-state index in [0.717, 1.165) is 11.1 Å². The first-order valence-corrected chi connectivity index (χ1v) is 5.18. The highest BCUT2D eigenvalue weighted by atomic mass is 16.5. The molecule has 2 rings (SSSR count). The molecule has 0 amide bonds. The molecular weight excluding hydrogens is 208 g/mol. The van der Waals surface area contributed by atoms with Crippen molar-refractivity contribution in [2.24, 2.45) is 0 Å². The number of fused-ring (bicyclic) bond motifs is 1. The van der Waals surface area contributed by atoms with Gasteiger partial charge in [-0.25, -0.2) is 4.79 Å². The van der Waals surface area contributed by atoms with Gasteiger partial charge in [0.25, 0.3) is 0 Å². The molecule has 2 N–H and O–H groups in total. The molecular formula is C12H14O4. The van der Waals surface area contributed by atoms with Crippen molar-refractivity contribution in [2.45, 2.75) is 32.7 Å². The maximum absolute atomic E-state index is 11.3. The average molecular weight is 222 g/mol. The minimum atomic E-state index is -0.930. The summed E-state index contributed by atoms with van der Waals surface area (Å²) in [7, 11) is 0. The molecule has 0 saturated carbocycles. The number of carbonyl (C=O) groups excluding carboxylic acids is 1. The molecule has 4 heteroatoms. The van der Waals surface area contributed by atoms with Crippen molar-refractivity contribution >= 4 is 5.97 Å². The zero-order valence-electron chi connectivity index (χ0n) is 9.23. The lowest BCUT2D eigenvalue weighted by Crippen LogP contribution is -2.15. The van der Waals surface area contributed by atoms with Crippen LogP contribution >= 0.6 is 0 Å². The second-order valence-corrected chi connectivity index (χ2v) is 4.07. The SMILES string of the molecule is Cc1c([C@@H](O)[C@@H](C)O)ccc2c1COC2=O. The fourth-order valence-corrected chi connectivity index (χ4v) is 1.95. The molecule has 1 aliphatic rings. The monoisotopic (exact) mass is 222 g/mol. The third kappa shape index (κ3) is 1.60. The predicted molar refractivity (Wildman–Crippen MR) is 56.9 cm³/mol. The molecule has 0 fully saturated rings. The first kappa shape index (κ1) is 11.1. The lowest BCUT2D eigenvalue weighted by atomic mass is 9.94. The van der Waals surface area contributed by atoms with Gasteiger partial charge >= 0.3 is 5.97 Å². The van der Waals surface area contributed by atoms with Crippen molar-refractivity contribution < 1.29 is 19.7 Å². The molecule has 1 heterocycles. The summed E-state index contributed by atoms with van der Waals surface area (Å²) in [5.41, 5.74) is 2.82. The van der Waals surface area contributed by atoms with Gasteiger partial charge in [0.05, 0.1) is 11.7 Å². The standard InChI is InChI=1S/C12H14O4/c1-6-8(11(14)7(2)13)3-4-9-10(6)5-16-12(9)15/h3-4,7,11,13-14H,5H2,1-2H3/t7-,11+/m1/s1. The van der Waals surface area contributed by atoms with Crippen LogP contribution in [0.15, 0.2) is 12.1 Å². The number of esters is 1. The summed E-state index contributed by atoms with van der Waals surface area (Å²) in [5.74, 6) is -0.323. The van der Waals surface area contributed by atoms with E-state index in [9.17, 15) is 15.0 Å². The second kappa shape index (κ2) is 3.88. The van der Waals surface area contributed by atoms with Gasteiger partial charge < -0.3 is 14.9 Å². The van der Waals surface area contributed by atoms with Crippen LogP contribution < -0.4 is 0 Å². The number of cyclic esters (lactones) is 1. The van der Waals surface area contributed by atoms with E-state index in [1.165, 1.54) is 6.92 Å². The molecule has 0 aliphatic carbocycles. The first-order valence-electron chi connectivity index (χ1n) is 5.18. The fraction of sp³-hybridized carbons (Fsp3) is 0.417. The second-order valence-electron chi connectivity index (χ2n) is 4.07. The van der Waals surface area contributed by atoms with E-state index in [1.807, 2.05) is 6.92 Å². The van der Waals surface area contributed by atoms with Crippen molar-refractivity contribution in [3.8, 4) is 0 Å². The molecule has 4 nitrogen and oxygen atoms in total. The lowest BCUT2D eigenvalue weighted by Gasteiger charge is -2.17. The Labute approximate surface area is 93.5 Å². The summed E-state index contributed by atoms with van der Waals surface area (Å²) in [6.45, 7) is 3.60. The van der Waals surface area contributed by atoms with Crippen molar-refractivity contribution in [3.05, 3.63) is 34.4 Å². The molecule has 1 aliphatic heterocycles. The summed E-state index contributed by atoms with van der Waals surface area (Å²) >= 11 is 0. The number of ether oxygens (including phenoxy) is 1. The molecule has 0 radical (unpaired) electrons. The van der Waals surface area contributed by atoms with Gasteiger partial charge in [-0.1, -0.05) is 6.07 Å². The Kier molecular flexibility index (Phi) is 2.69. The Balaban J connectivity index is 2.48. The van der Waals surface area contributed by atoms with Gasteiger partial charge in [-0.2, -0.15) is 0 Å². The van der Waals surface area contributed by atoms with Crippen LogP contribution in [0.25, 0.3) is 0 Å². The van der Waals surface area contributed by atoms with Crippen LogP contribution in [0.1, 0.15) is 40.1 Å². The lowest BCUT2D eigenvalue weighted by molar-refractivity contribution is 0.0300. The van der Waals surface area contributed by atoms with Gasteiger partial charge in [0, 0.05) is 5.56 Å². The Morgan fingerprint density at radius 1 is 1.38 bits per heavy atom. The van der Waals surface area contributed by atoms with E-state index in [-0.39, 0.29) is 12.6 Å². The molecule has 0 spiro atoms. The highest BCUT2D eigenvalue weighted by Gasteiger charge is 2.26. The number of rotatable bonds is 2. The number of aliphatic hydroxyl groups excluding tert-OH is 2. The summed E-state index contributed by atoms with van der Waals surface area (Å²) in [6, 6.07) is 3.30. The van der Waals surface area contributed by atoms with Crippen LogP contribution in [0.2, 0.25) is 0 Å². The fourth-order valence-electron chi connectivity index (χ4n) is 1.95. The molecule has 0 unspecified atom stereocenters. The van der Waals surface area contributed by atoms with E-state index in [2.05, 4.69) is 0 Å². The van der Waals surface area contributed by atoms with Gasteiger partial charge in [0.2, 0.25) is 0 Å². The minimum absolute atomic E-state index is 0.250. The third-order valence-corrected chi connectivity index (χ3v) is 2.98. The van der Waals surface area contributed by atoms with Gasteiger partial charge in [-0.3, -0.25) is 0 Å². The van der Waals surface area contributed by atoms with Crippen LogP contribution in [0.5, 0.6) is 0 Å². The Hall–Kier alpha value is -1.39. The smallest absolute Gasteiger partial charge is 0.338 e. The van der Waals surface area contributed by atoms with Crippen LogP contribution in [-0.2, 0) is 11.3 Å². The summed E-state index contributed by atoms with van der Waals surface area (Å²) in [6.07, 6.45) is -1.77. The molecule has 0 bridgehead atoms. The Morgan fingerprint density at radius 2 is 2.06 bits per heavy atom. The Bertz CT molecular complexity index is 437. The highest BCUT2D eigenvalue weighted by molar-refractivity contribution is 5.93. The van der Waals surface area contributed by atoms with E-state index in [1.54, 1.807) is 12.1 Å². The molecule has 0 saturated heterocycles. The summed E-state index contributed by atoms with van der Waals surface area (Å²) < 4.78 is 4.92. The molecule has 16 heavy (non-hydrogen) atoms. The number of hydrogen-bond acceptors (Lipinski definition) is 4. The quantitative estimate of drug-likeness (QED) is 0.735.